The first-order valence-corrected chi connectivity index (χ1v) is 6.13. The number of pyridine rings is 1. The minimum absolute atomic E-state index is 0.0320. The monoisotopic (exact) mass is 290 g/mol. The Bertz CT molecular complexity index is 686. The van der Waals surface area contributed by atoms with Crippen LogP contribution in [-0.2, 0) is 0 Å². The van der Waals surface area contributed by atoms with E-state index < -0.39 is 11.9 Å². The second-order valence-corrected chi connectivity index (χ2v) is 4.55. The van der Waals surface area contributed by atoms with Gasteiger partial charge in [-0.1, -0.05) is 17.7 Å². The van der Waals surface area contributed by atoms with E-state index in [9.17, 15) is 9.59 Å². The van der Waals surface area contributed by atoms with Crippen molar-refractivity contribution in [3.63, 3.8) is 0 Å². The van der Waals surface area contributed by atoms with Gasteiger partial charge in [-0.25, -0.2) is 9.78 Å². The van der Waals surface area contributed by atoms with Crippen molar-refractivity contribution in [1.82, 2.24) is 4.98 Å². The lowest BCUT2D eigenvalue weighted by atomic mass is 10.1. The van der Waals surface area contributed by atoms with Gasteiger partial charge in [0.2, 0.25) is 0 Å². The Morgan fingerprint density at radius 3 is 2.65 bits per heavy atom. The van der Waals surface area contributed by atoms with E-state index in [1.54, 1.807) is 25.1 Å². The van der Waals surface area contributed by atoms with Crippen molar-refractivity contribution in [3.05, 3.63) is 58.4 Å². The van der Waals surface area contributed by atoms with Crippen molar-refractivity contribution in [1.29, 1.82) is 0 Å². The third-order valence-corrected chi connectivity index (χ3v) is 2.82. The number of aryl methyl sites for hydroxylation is 1. The molecule has 0 bridgehead atoms. The molecule has 20 heavy (non-hydrogen) atoms. The second kappa shape index (κ2) is 5.71. The summed E-state index contributed by atoms with van der Waals surface area (Å²) < 4.78 is 0. The summed E-state index contributed by atoms with van der Waals surface area (Å²) in [5.74, 6) is -1.63. The summed E-state index contributed by atoms with van der Waals surface area (Å²) in [7, 11) is 0. The predicted molar refractivity (Wildman–Crippen MR) is 75.3 cm³/mol. The number of anilines is 1. The Labute approximate surface area is 120 Å². The highest BCUT2D eigenvalue weighted by Gasteiger charge is 2.14. The van der Waals surface area contributed by atoms with E-state index in [1.807, 2.05) is 0 Å². The number of carbonyl (C=O) groups excluding carboxylic acids is 1. The van der Waals surface area contributed by atoms with Gasteiger partial charge in [-0.05, 0) is 37.3 Å². The molecule has 0 atom stereocenters. The fraction of sp³-hybridized carbons (Fsp3) is 0.0714. The van der Waals surface area contributed by atoms with Gasteiger partial charge in [0.05, 0.1) is 11.3 Å². The average Bonchev–Trinajstić information content (AvgIpc) is 2.38. The van der Waals surface area contributed by atoms with Crippen LogP contribution in [-0.4, -0.2) is 22.0 Å². The van der Waals surface area contributed by atoms with Gasteiger partial charge in [-0.3, -0.25) is 4.79 Å². The quantitative estimate of drug-likeness (QED) is 0.911. The molecule has 1 aromatic carbocycles. The number of benzene rings is 1. The summed E-state index contributed by atoms with van der Waals surface area (Å²) >= 11 is 5.82. The maximum absolute atomic E-state index is 12.0. The molecular weight excluding hydrogens is 280 g/mol. The minimum Gasteiger partial charge on any atom is -0.478 e. The van der Waals surface area contributed by atoms with Crippen molar-refractivity contribution in [3.8, 4) is 0 Å². The number of aromatic nitrogens is 1. The number of amides is 1. The lowest BCUT2D eigenvalue weighted by Crippen LogP contribution is -2.16. The van der Waals surface area contributed by atoms with Crippen LogP contribution in [0.5, 0.6) is 0 Å². The summed E-state index contributed by atoms with van der Waals surface area (Å²) in [6.07, 6.45) is 0. The average molecular weight is 291 g/mol. The van der Waals surface area contributed by atoms with Gasteiger partial charge >= 0.3 is 5.97 Å². The van der Waals surface area contributed by atoms with Crippen LogP contribution in [0.4, 0.5) is 5.69 Å². The van der Waals surface area contributed by atoms with E-state index in [-0.39, 0.29) is 16.9 Å². The Morgan fingerprint density at radius 1 is 1.25 bits per heavy atom. The fourth-order valence-electron chi connectivity index (χ4n) is 1.66. The van der Waals surface area contributed by atoms with Crippen molar-refractivity contribution in [2.24, 2.45) is 0 Å². The van der Waals surface area contributed by atoms with Crippen molar-refractivity contribution in [2.45, 2.75) is 6.92 Å². The third-order valence-electron chi connectivity index (χ3n) is 2.58. The molecule has 6 heteroatoms. The van der Waals surface area contributed by atoms with Crippen LogP contribution in [0.2, 0.25) is 5.02 Å². The highest BCUT2D eigenvalue weighted by molar-refractivity contribution is 6.31. The largest absolute Gasteiger partial charge is 0.478 e. The van der Waals surface area contributed by atoms with E-state index in [2.05, 4.69) is 10.3 Å². The van der Waals surface area contributed by atoms with Gasteiger partial charge in [0.1, 0.15) is 5.69 Å². The standard InChI is InChI=1S/C14H11ClN2O3/c1-8-3-2-4-11(16-8)13(18)17-12-7-9(15)5-6-10(12)14(19)20/h2-7H,1H3,(H,17,18)(H,19,20). The number of halogens is 1. The second-order valence-electron chi connectivity index (χ2n) is 4.11. The summed E-state index contributed by atoms with van der Waals surface area (Å²) in [6.45, 7) is 1.76. The molecule has 2 rings (SSSR count). The van der Waals surface area contributed by atoms with Crippen LogP contribution in [0, 0.1) is 6.92 Å². The molecule has 2 aromatic rings. The molecule has 0 radical (unpaired) electrons. The predicted octanol–water partition coefficient (Wildman–Crippen LogP) is 2.99. The molecule has 0 unspecified atom stereocenters. The molecule has 0 fully saturated rings. The molecule has 1 aromatic heterocycles. The Balaban J connectivity index is 2.32. The van der Waals surface area contributed by atoms with Gasteiger partial charge in [0, 0.05) is 10.7 Å². The van der Waals surface area contributed by atoms with Gasteiger partial charge in [0.15, 0.2) is 0 Å². The molecule has 1 amide bonds. The number of hydrogen-bond acceptors (Lipinski definition) is 3. The SMILES string of the molecule is Cc1cccc(C(=O)Nc2cc(Cl)ccc2C(=O)O)n1. The summed E-state index contributed by atoms with van der Waals surface area (Å²) in [6, 6.07) is 9.19. The molecule has 1 heterocycles. The first-order valence-electron chi connectivity index (χ1n) is 5.75. The fourth-order valence-corrected chi connectivity index (χ4v) is 1.83. The summed E-state index contributed by atoms with van der Waals surface area (Å²) in [5, 5.41) is 11.9. The van der Waals surface area contributed by atoms with Crippen LogP contribution < -0.4 is 5.32 Å². The van der Waals surface area contributed by atoms with Gasteiger partial charge < -0.3 is 10.4 Å². The molecular formula is C14H11ClN2O3. The van der Waals surface area contributed by atoms with Crippen molar-refractivity contribution in [2.75, 3.05) is 5.32 Å². The number of aromatic carboxylic acids is 1. The van der Waals surface area contributed by atoms with Gasteiger partial charge in [-0.2, -0.15) is 0 Å². The lowest BCUT2D eigenvalue weighted by molar-refractivity contribution is 0.0698. The number of carbonyl (C=O) groups is 2. The zero-order valence-electron chi connectivity index (χ0n) is 10.6. The van der Waals surface area contributed by atoms with E-state index in [4.69, 9.17) is 16.7 Å². The van der Waals surface area contributed by atoms with E-state index >= 15 is 0 Å². The van der Waals surface area contributed by atoms with Crippen molar-refractivity contribution < 1.29 is 14.7 Å². The minimum atomic E-state index is -1.14. The number of carboxylic acids is 1. The normalized spacial score (nSPS) is 10.1. The summed E-state index contributed by atoms with van der Waals surface area (Å²) in [5.41, 5.74) is 1.01. The lowest BCUT2D eigenvalue weighted by Gasteiger charge is -2.09. The maximum Gasteiger partial charge on any atom is 0.337 e. The topological polar surface area (TPSA) is 79.3 Å². The van der Waals surface area contributed by atoms with E-state index in [1.165, 1.54) is 18.2 Å². The molecule has 5 nitrogen and oxygen atoms in total. The molecule has 0 aliphatic carbocycles. The molecule has 0 spiro atoms. The van der Waals surface area contributed by atoms with Gasteiger partial charge in [-0.15, -0.1) is 0 Å². The smallest absolute Gasteiger partial charge is 0.337 e. The van der Waals surface area contributed by atoms with Crippen LogP contribution in [0.3, 0.4) is 0 Å². The highest BCUT2D eigenvalue weighted by Crippen LogP contribution is 2.21. The zero-order valence-corrected chi connectivity index (χ0v) is 11.3. The van der Waals surface area contributed by atoms with Crippen molar-refractivity contribution >= 4 is 29.2 Å². The number of nitrogens with one attached hydrogen (secondary N) is 1. The molecule has 102 valence electrons. The Kier molecular flexibility index (Phi) is 4.00. The maximum atomic E-state index is 12.0. The first kappa shape index (κ1) is 14.0. The number of hydrogen-bond donors (Lipinski definition) is 2. The van der Waals surface area contributed by atoms with Crippen LogP contribution in [0.25, 0.3) is 0 Å². The molecule has 0 saturated heterocycles. The Morgan fingerprint density at radius 2 is 2.00 bits per heavy atom. The molecule has 0 aliphatic rings. The summed E-state index contributed by atoms with van der Waals surface area (Å²) in [4.78, 5) is 27.2. The third kappa shape index (κ3) is 3.13. The van der Waals surface area contributed by atoms with Crippen LogP contribution in [0.15, 0.2) is 36.4 Å². The van der Waals surface area contributed by atoms with Gasteiger partial charge in [0.25, 0.3) is 5.91 Å². The van der Waals surface area contributed by atoms with E-state index in [0.29, 0.717) is 10.7 Å². The van der Waals surface area contributed by atoms with Crippen LogP contribution in [0.1, 0.15) is 26.5 Å². The molecule has 0 saturated carbocycles. The van der Waals surface area contributed by atoms with Crippen LogP contribution >= 0.6 is 11.6 Å². The molecule has 0 aliphatic heterocycles. The molecule has 2 N–H and O–H groups in total. The number of carboxylic acid groups (broad SMARTS) is 1. The number of nitrogens with zero attached hydrogens (tertiary/aromatic N) is 1. The number of rotatable bonds is 3. The van der Waals surface area contributed by atoms with E-state index in [0.717, 1.165) is 0 Å². The zero-order chi connectivity index (χ0) is 14.7. The first-order chi connectivity index (χ1) is 9.47. The highest BCUT2D eigenvalue weighted by atomic mass is 35.5. The Hall–Kier alpha value is -2.40.